The highest BCUT2D eigenvalue weighted by molar-refractivity contribution is 5.85. The quantitative estimate of drug-likeness (QED) is 0.379. The predicted molar refractivity (Wildman–Crippen MR) is 103 cm³/mol. The Kier molecular flexibility index (Phi) is 8.05. The molecule has 0 aromatic rings. The van der Waals surface area contributed by atoms with Gasteiger partial charge in [-0.25, -0.2) is 0 Å². The molecule has 1 fully saturated rings. The number of rotatable bonds is 11. The third-order valence-electron chi connectivity index (χ3n) is 6.42. The first kappa shape index (κ1) is 22.1. The van der Waals surface area contributed by atoms with Gasteiger partial charge in [0.1, 0.15) is 11.6 Å². The van der Waals surface area contributed by atoms with E-state index in [0.717, 1.165) is 6.42 Å². The largest absolute Gasteiger partial charge is 0.365 e. The van der Waals surface area contributed by atoms with Crippen LogP contribution >= 0.6 is 0 Å². The number of ether oxygens (including phenoxy) is 1. The van der Waals surface area contributed by atoms with Gasteiger partial charge in [0.15, 0.2) is 0 Å². The lowest BCUT2D eigenvalue weighted by atomic mass is 9.72. The van der Waals surface area contributed by atoms with Crippen molar-refractivity contribution >= 4 is 11.6 Å². The standard InChI is InChI=1S/C22H38O3/c1-9-12-14(4)21-22(8,25-21)17(7)19(11-3)20(24)16(6)15(5)13-18(23)10-2/h9,12,14-17,19,21H,10-11,13H2,1-8H3/b12-9-/t14-,15?,16?,17-,19+,21+,22?/m0/s1. The Morgan fingerprint density at radius 3 is 2.24 bits per heavy atom. The summed E-state index contributed by atoms with van der Waals surface area (Å²) in [5.74, 6) is 1.08. The Balaban J connectivity index is 2.80. The van der Waals surface area contributed by atoms with Crippen molar-refractivity contribution in [3.8, 4) is 0 Å². The molecule has 3 unspecified atom stereocenters. The molecule has 1 saturated heterocycles. The van der Waals surface area contributed by atoms with Gasteiger partial charge in [0.05, 0.1) is 11.7 Å². The lowest BCUT2D eigenvalue weighted by Gasteiger charge is -2.30. The molecule has 0 spiro atoms. The molecule has 1 rings (SSSR count). The van der Waals surface area contributed by atoms with Crippen LogP contribution in [0.4, 0.5) is 0 Å². The molecule has 0 bridgehead atoms. The minimum Gasteiger partial charge on any atom is -0.365 e. The lowest BCUT2D eigenvalue weighted by molar-refractivity contribution is -0.131. The Hall–Kier alpha value is -0.960. The first-order valence-electron chi connectivity index (χ1n) is 9.99. The molecule has 0 aromatic carbocycles. The van der Waals surface area contributed by atoms with Gasteiger partial charge in [-0.3, -0.25) is 9.59 Å². The molecule has 1 heterocycles. The van der Waals surface area contributed by atoms with Crippen LogP contribution in [0.15, 0.2) is 12.2 Å². The summed E-state index contributed by atoms with van der Waals surface area (Å²) in [6.45, 7) is 16.5. The molecule has 0 amide bonds. The fourth-order valence-corrected chi connectivity index (χ4v) is 4.14. The van der Waals surface area contributed by atoms with Crippen LogP contribution in [0.2, 0.25) is 0 Å². The number of Topliss-reactive ketones (excluding diaryl/α,β-unsaturated/α-hetero) is 2. The van der Waals surface area contributed by atoms with E-state index in [4.69, 9.17) is 4.74 Å². The maximum atomic E-state index is 13.1. The topological polar surface area (TPSA) is 46.7 Å². The maximum absolute atomic E-state index is 13.1. The van der Waals surface area contributed by atoms with Gasteiger partial charge in [0.25, 0.3) is 0 Å². The number of hydrogen-bond acceptors (Lipinski definition) is 3. The van der Waals surface area contributed by atoms with Crippen LogP contribution in [0, 0.1) is 29.6 Å². The van der Waals surface area contributed by atoms with E-state index in [2.05, 4.69) is 39.8 Å². The number of allylic oxidation sites excluding steroid dienone is 1. The van der Waals surface area contributed by atoms with Crippen LogP contribution in [-0.4, -0.2) is 23.3 Å². The van der Waals surface area contributed by atoms with Gasteiger partial charge in [-0.2, -0.15) is 0 Å². The minimum absolute atomic E-state index is 0.0121. The highest BCUT2D eigenvalue weighted by Crippen LogP contribution is 2.50. The molecular weight excluding hydrogens is 312 g/mol. The van der Waals surface area contributed by atoms with Gasteiger partial charge in [-0.1, -0.05) is 53.7 Å². The van der Waals surface area contributed by atoms with Crippen molar-refractivity contribution in [2.75, 3.05) is 0 Å². The molecule has 3 nitrogen and oxygen atoms in total. The van der Waals surface area contributed by atoms with E-state index < -0.39 is 0 Å². The van der Waals surface area contributed by atoms with E-state index in [1.165, 1.54) is 0 Å². The number of epoxide rings is 1. The van der Waals surface area contributed by atoms with Crippen LogP contribution in [0.1, 0.15) is 74.7 Å². The maximum Gasteiger partial charge on any atom is 0.139 e. The summed E-state index contributed by atoms with van der Waals surface area (Å²) < 4.78 is 6.08. The zero-order chi connectivity index (χ0) is 19.4. The predicted octanol–water partition coefficient (Wildman–Crippen LogP) is 5.23. The molecule has 25 heavy (non-hydrogen) atoms. The first-order chi connectivity index (χ1) is 11.6. The number of ketones is 2. The van der Waals surface area contributed by atoms with Crippen LogP contribution in [-0.2, 0) is 14.3 Å². The van der Waals surface area contributed by atoms with E-state index in [0.29, 0.717) is 24.5 Å². The first-order valence-corrected chi connectivity index (χ1v) is 9.99. The van der Waals surface area contributed by atoms with E-state index in [9.17, 15) is 9.59 Å². The summed E-state index contributed by atoms with van der Waals surface area (Å²) in [5.41, 5.74) is -0.225. The molecule has 0 radical (unpaired) electrons. The van der Waals surface area contributed by atoms with Gasteiger partial charge in [0, 0.05) is 30.6 Å². The van der Waals surface area contributed by atoms with Gasteiger partial charge in [-0.15, -0.1) is 0 Å². The fraction of sp³-hybridized carbons (Fsp3) is 0.818. The van der Waals surface area contributed by atoms with Crippen LogP contribution in [0.3, 0.4) is 0 Å². The zero-order valence-electron chi connectivity index (χ0n) is 17.5. The Bertz CT molecular complexity index is 496. The normalized spacial score (nSPS) is 29.0. The van der Waals surface area contributed by atoms with Crippen molar-refractivity contribution in [3.63, 3.8) is 0 Å². The summed E-state index contributed by atoms with van der Waals surface area (Å²) in [7, 11) is 0. The molecule has 3 heteroatoms. The third-order valence-corrected chi connectivity index (χ3v) is 6.42. The average Bonchev–Trinajstić information content (AvgIpc) is 3.28. The summed E-state index contributed by atoms with van der Waals surface area (Å²) in [5, 5.41) is 0. The van der Waals surface area contributed by atoms with E-state index in [1.807, 2.05) is 27.7 Å². The second-order valence-corrected chi connectivity index (χ2v) is 8.18. The molecule has 1 aliphatic heterocycles. The molecule has 0 aliphatic carbocycles. The number of carbonyl (C=O) groups is 2. The monoisotopic (exact) mass is 350 g/mol. The molecule has 7 atom stereocenters. The van der Waals surface area contributed by atoms with Gasteiger partial charge in [0.2, 0.25) is 0 Å². The van der Waals surface area contributed by atoms with Crippen molar-refractivity contribution in [1.29, 1.82) is 0 Å². The van der Waals surface area contributed by atoms with Gasteiger partial charge < -0.3 is 4.74 Å². The van der Waals surface area contributed by atoms with Crippen LogP contribution in [0.25, 0.3) is 0 Å². The number of carbonyl (C=O) groups excluding carboxylic acids is 2. The van der Waals surface area contributed by atoms with Gasteiger partial charge >= 0.3 is 0 Å². The summed E-state index contributed by atoms with van der Waals surface area (Å²) in [6.07, 6.45) is 6.30. The van der Waals surface area contributed by atoms with Crippen molar-refractivity contribution in [1.82, 2.24) is 0 Å². The SMILES string of the molecule is C/C=C\[C@H](C)[C@H]1OC1(C)[C@@H](C)[C@@H](CC)C(=O)C(C)C(C)CC(=O)CC. The molecule has 1 aliphatic rings. The minimum atomic E-state index is -0.225. The zero-order valence-corrected chi connectivity index (χ0v) is 17.5. The van der Waals surface area contributed by atoms with Crippen molar-refractivity contribution in [2.45, 2.75) is 86.4 Å². The Morgan fingerprint density at radius 2 is 1.76 bits per heavy atom. The molecule has 0 aromatic heterocycles. The molecule has 144 valence electrons. The van der Waals surface area contributed by atoms with Gasteiger partial charge in [-0.05, 0) is 32.1 Å². The fourth-order valence-electron chi connectivity index (χ4n) is 4.14. The van der Waals surface area contributed by atoms with Crippen LogP contribution < -0.4 is 0 Å². The average molecular weight is 351 g/mol. The molecule has 0 saturated carbocycles. The van der Waals surface area contributed by atoms with E-state index in [1.54, 1.807) is 0 Å². The highest BCUT2D eigenvalue weighted by atomic mass is 16.6. The van der Waals surface area contributed by atoms with E-state index in [-0.39, 0.29) is 41.2 Å². The summed E-state index contributed by atoms with van der Waals surface area (Å²) >= 11 is 0. The number of hydrogen-bond donors (Lipinski definition) is 0. The second kappa shape index (κ2) is 9.12. The third kappa shape index (κ3) is 5.03. The summed E-state index contributed by atoms with van der Waals surface area (Å²) in [6, 6.07) is 0. The Labute approximate surface area is 154 Å². The van der Waals surface area contributed by atoms with Crippen LogP contribution in [0.5, 0.6) is 0 Å². The Morgan fingerprint density at radius 1 is 1.16 bits per heavy atom. The smallest absolute Gasteiger partial charge is 0.139 e. The van der Waals surface area contributed by atoms with Crippen molar-refractivity contribution in [2.24, 2.45) is 29.6 Å². The molecule has 0 N–H and O–H groups in total. The van der Waals surface area contributed by atoms with E-state index >= 15 is 0 Å². The second-order valence-electron chi connectivity index (χ2n) is 8.18. The van der Waals surface area contributed by atoms with Crippen molar-refractivity contribution in [3.05, 3.63) is 12.2 Å². The summed E-state index contributed by atoms with van der Waals surface area (Å²) in [4.78, 5) is 24.9. The van der Waals surface area contributed by atoms with Crippen molar-refractivity contribution < 1.29 is 14.3 Å². The molecular formula is C22H38O3. The lowest BCUT2D eigenvalue weighted by Crippen LogP contribution is -2.37. The highest BCUT2D eigenvalue weighted by Gasteiger charge is 2.59.